The zero-order valence-corrected chi connectivity index (χ0v) is 16.7. The molecule has 148 valence electrons. The Morgan fingerprint density at radius 3 is 2.62 bits per heavy atom. The van der Waals surface area contributed by atoms with Crippen LogP contribution in [-0.4, -0.2) is 46.4 Å². The number of aromatic nitrogens is 3. The Labute approximate surface area is 169 Å². The Morgan fingerprint density at radius 1 is 1.14 bits per heavy atom. The molecule has 3 aromatic rings. The minimum atomic E-state index is -0.409. The molecule has 2 aromatic heterocycles. The first-order valence-electron chi connectivity index (χ1n) is 9.47. The second kappa shape index (κ2) is 7.58. The molecular weight excluding hydrogens is 369 g/mol. The molecule has 1 aliphatic heterocycles. The Hall–Kier alpha value is -3.35. The van der Waals surface area contributed by atoms with Crippen molar-refractivity contribution in [3.05, 3.63) is 70.9 Å². The molecular formula is C22H22FN5O. The topological polar surface area (TPSA) is 62.2 Å². The van der Waals surface area contributed by atoms with Crippen molar-refractivity contribution < 1.29 is 9.18 Å². The molecule has 0 saturated carbocycles. The predicted octanol–water partition coefficient (Wildman–Crippen LogP) is 3.25. The van der Waals surface area contributed by atoms with Crippen molar-refractivity contribution in [1.29, 1.82) is 0 Å². The van der Waals surface area contributed by atoms with Crippen molar-refractivity contribution in [2.75, 3.05) is 25.5 Å². The van der Waals surface area contributed by atoms with Crippen LogP contribution in [0.15, 0.2) is 42.7 Å². The molecule has 1 amide bonds. The summed E-state index contributed by atoms with van der Waals surface area (Å²) in [6, 6.07) is 8.04. The lowest BCUT2D eigenvalue weighted by atomic mass is 10.0. The van der Waals surface area contributed by atoms with E-state index < -0.39 is 5.82 Å². The highest BCUT2D eigenvalue weighted by Gasteiger charge is 2.27. The first kappa shape index (κ1) is 19.0. The molecule has 0 fully saturated rings. The molecule has 1 aromatic carbocycles. The Morgan fingerprint density at radius 2 is 1.90 bits per heavy atom. The van der Waals surface area contributed by atoms with Gasteiger partial charge in [0.15, 0.2) is 5.82 Å². The molecule has 1 aliphatic rings. The van der Waals surface area contributed by atoms with Crippen LogP contribution in [0.3, 0.4) is 0 Å². The summed E-state index contributed by atoms with van der Waals surface area (Å²) >= 11 is 0. The molecule has 0 spiro atoms. The fourth-order valence-corrected chi connectivity index (χ4v) is 3.58. The maximum absolute atomic E-state index is 13.7. The molecule has 29 heavy (non-hydrogen) atoms. The number of halogens is 1. The molecule has 4 rings (SSSR count). The van der Waals surface area contributed by atoms with Crippen molar-refractivity contribution in [1.82, 2.24) is 19.9 Å². The van der Waals surface area contributed by atoms with Gasteiger partial charge in [0.05, 0.1) is 12.2 Å². The third kappa shape index (κ3) is 3.68. The average molecular weight is 391 g/mol. The quantitative estimate of drug-likeness (QED) is 0.686. The monoisotopic (exact) mass is 391 g/mol. The number of amides is 1. The summed E-state index contributed by atoms with van der Waals surface area (Å²) in [7, 11) is 3.90. The highest BCUT2D eigenvalue weighted by atomic mass is 19.1. The van der Waals surface area contributed by atoms with Crippen LogP contribution < -0.4 is 4.90 Å². The standard InChI is InChI=1S/C22H22FN5O/c1-14-4-5-16(23)12-18(14)22(29)28-11-8-17-19(13-28)25-20(26-21(17)27(2)3)15-6-9-24-10-7-15/h4-7,9-10,12H,8,11,13H2,1-3H3. The van der Waals surface area contributed by atoms with Gasteiger partial charge in [-0.3, -0.25) is 9.78 Å². The number of benzene rings is 1. The predicted molar refractivity (Wildman–Crippen MR) is 109 cm³/mol. The highest BCUT2D eigenvalue weighted by Crippen LogP contribution is 2.29. The minimum absolute atomic E-state index is 0.178. The summed E-state index contributed by atoms with van der Waals surface area (Å²) in [5.74, 6) is 0.874. The SMILES string of the molecule is Cc1ccc(F)cc1C(=O)N1CCc2c(nc(-c3ccncc3)nc2N(C)C)C1. The Balaban J connectivity index is 1.72. The van der Waals surface area contributed by atoms with E-state index in [9.17, 15) is 9.18 Å². The molecule has 0 radical (unpaired) electrons. The van der Waals surface area contributed by atoms with Crippen LogP contribution in [-0.2, 0) is 13.0 Å². The lowest BCUT2D eigenvalue weighted by Crippen LogP contribution is -2.37. The largest absolute Gasteiger partial charge is 0.362 e. The summed E-state index contributed by atoms with van der Waals surface area (Å²) in [6.45, 7) is 2.73. The second-order valence-corrected chi connectivity index (χ2v) is 7.36. The van der Waals surface area contributed by atoms with Gasteiger partial charge in [-0.1, -0.05) is 6.07 Å². The summed E-state index contributed by atoms with van der Waals surface area (Å²) in [6.07, 6.45) is 4.06. The van der Waals surface area contributed by atoms with E-state index in [1.165, 1.54) is 12.1 Å². The van der Waals surface area contributed by atoms with Crippen LogP contribution in [0, 0.1) is 12.7 Å². The maximum atomic E-state index is 13.7. The van der Waals surface area contributed by atoms with Crippen LogP contribution in [0.2, 0.25) is 0 Å². The van der Waals surface area contributed by atoms with Gasteiger partial charge in [0, 0.05) is 49.7 Å². The molecule has 0 saturated heterocycles. The molecule has 0 bridgehead atoms. The average Bonchev–Trinajstić information content (AvgIpc) is 2.74. The van der Waals surface area contributed by atoms with Crippen LogP contribution >= 0.6 is 0 Å². The number of nitrogens with zero attached hydrogens (tertiary/aromatic N) is 5. The van der Waals surface area contributed by atoms with E-state index in [1.807, 2.05) is 38.1 Å². The van der Waals surface area contributed by atoms with Gasteiger partial charge in [-0.2, -0.15) is 0 Å². The number of carbonyl (C=O) groups excluding carboxylic acids is 1. The Bertz CT molecular complexity index is 1070. The Kier molecular flexibility index (Phi) is 4.96. The number of rotatable bonds is 3. The number of aryl methyl sites for hydroxylation is 1. The van der Waals surface area contributed by atoms with Crippen molar-refractivity contribution >= 4 is 11.7 Å². The maximum Gasteiger partial charge on any atom is 0.254 e. The molecule has 0 unspecified atom stereocenters. The van der Waals surface area contributed by atoms with Crippen molar-refractivity contribution in [2.24, 2.45) is 0 Å². The zero-order valence-electron chi connectivity index (χ0n) is 16.7. The fourth-order valence-electron chi connectivity index (χ4n) is 3.58. The number of anilines is 1. The fraction of sp³-hybridized carbons (Fsp3) is 0.273. The molecule has 6 nitrogen and oxygen atoms in total. The van der Waals surface area contributed by atoms with Gasteiger partial charge in [-0.25, -0.2) is 14.4 Å². The van der Waals surface area contributed by atoms with Crippen LogP contribution in [0.1, 0.15) is 27.2 Å². The zero-order chi connectivity index (χ0) is 20.5. The van der Waals surface area contributed by atoms with Gasteiger partial charge in [-0.15, -0.1) is 0 Å². The van der Waals surface area contributed by atoms with Gasteiger partial charge in [0.25, 0.3) is 5.91 Å². The summed E-state index contributed by atoms with van der Waals surface area (Å²) in [5.41, 5.74) is 3.90. The molecule has 0 N–H and O–H groups in total. The molecule has 7 heteroatoms. The van der Waals surface area contributed by atoms with E-state index in [2.05, 4.69) is 4.98 Å². The third-order valence-corrected chi connectivity index (χ3v) is 5.12. The van der Waals surface area contributed by atoms with Crippen LogP contribution in [0.5, 0.6) is 0 Å². The third-order valence-electron chi connectivity index (χ3n) is 5.12. The van der Waals surface area contributed by atoms with E-state index in [-0.39, 0.29) is 5.91 Å². The highest BCUT2D eigenvalue weighted by molar-refractivity contribution is 5.95. The normalized spacial score (nSPS) is 13.2. The van der Waals surface area contributed by atoms with E-state index in [0.29, 0.717) is 30.9 Å². The van der Waals surface area contributed by atoms with E-state index in [4.69, 9.17) is 9.97 Å². The summed E-state index contributed by atoms with van der Waals surface area (Å²) in [5, 5.41) is 0. The lowest BCUT2D eigenvalue weighted by molar-refractivity contribution is 0.0730. The number of hydrogen-bond acceptors (Lipinski definition) is 5. The molecule has 0 aliphatic carbocycles. The van der Waals surface area contributed by atoms with Crippen molar-refractivity contribution in [3.8, 4) is 11.4 Å². The summed E-state index contributed by atoms with van der Waals surface area (Å²) in [4.78, 5) is 30.3. The number of pyridine rings is 1. The first-order chi connectivity index (χ1) is 13.9. The van der Waals surface area contributed by atoms with Gasteiger partial charge in [0.1, 0.15) is 11.6 Å². The number of hydrogen-bond donors (Lipinski definition) is 0. The number of carbonyl (C=O) groups is 1. The van der Waals surface area contributed by atoms with E-state index in [0.717, 1.165) is 28.2 Å². The minimum Gasteiger partial charge on any atom is -0.362 e. The summed E-state index contributed by atoms with van der Waals surface area (Å²) < 4.78 is 13.7. The molecule has 3 heterocycles. The first-order valence-corrected chi connectivity index (χ1v) is 9.47. The van der Waals surface area contributed by atoms with Gasteiger partial charge < -0.3 is 9.80 Å². The van der Waals surface area contributed by atoms with Gasteiger partial charge in [0.2, 0.25) is 0 Å². The van der Waals surface area contributed by atoms with Crippen molar-refractivity contribution in [3.63, 3.8) is 0 Å². The molecule has 0 atom stereocenters. The van der Waals surface area contributed by atoms with Crippen LogP contribution in [0.25, 0.3) is 11.4 Å². The smallest absolute Gasteiger partial charge is 0.254 e. The van der Waals surface area contributed by atoms with E-state index >= 15 is 0 Å². The lowest BCUT2D eigenvalue weighted by Gasteiger charge is -2.31. The van der Waals surface area contributed by atoms with Gasteiger partial charge >= 0.3 is 0 Å². The van der Waals surface area contributed by atoms with Crippen LogP contribution in [0.4, 0.5) is 10.2 Å². The number of fused-ring (bicyclic) bond motifs is 1. The van der Waals surface area contributed by atoms with E-state index in [1.54, 1.807) is 23.4 Å². The second-order valence-electron chi connectivity index (χ2n) is 7.36. The van der Waals surface area contributed by atoms with Crippen molar-refractivity contribution in [2.45, 2.75) is 19.9 Å². The van der Waals surface area contributed by atoms with Gasteiger partial charge in [-0.05, 0) is 43.2 Å².